The van der Waals surface area contributed by atoms with Crippen molar-refractivity contribution in [1.82, 2.24) is 19.8 Å². The molecule has 1 atom stereocenters. The standard InChI is InChI=1S/C29H28N4O3/c34-28(25-12-3-4-13-30-25)32-14-16-33(17-15-32)29(35)26-22-9-1-2-11-24(22)31-27-20(7-5-10-23(26)27)19-21-8-6-18-36-21/h1-4,6,8-9,11-13,18,20H,5,7,10,14-17,19H2. The number of para-hydroxylation sites is 1. The Morgan fingerprint density at radius 1 is 0.917 bits per heavy atom. The average Bonchev–Trinajstić information content (AvgIpc) is 3.45. The van der Waals surface area contributed by atoms with E-state index < -0.39 is 0 Å². The first-order valence-corrected chi connectivity index (χ1v) is 12.6. The van der Waals surface area contributed by atoms with E-state index in [1.165, 1.54) is 0 Å². The summed E-state index contributed by atoms with van der Waals surface area (Å²) in [5.41, 5.74) is 4.19. The molecule has 0 bridgehead atoms. The molecule has 1 saturated heterocycles. The summed E-state index contributed by atoms with van der Waals surface area (Å²) < 4.78 is 5.63. The largest absolute Gasteiger partial charge is 0.469 e. The van der Waals surface area contributed by atoms with Crippen molar-refractivity contribution >= 4 is 22.7 Å². The van der Waals surface area contributed by atoms with E-state index in [2.05, 4.69) is 4.98 Å². The van der Waals surface area contributed by atoms with Gasteiger partial charge in [0.05, 0.1) is 17.3 Å². The topological polar surface area (TPSA) is 79.5 Å². The first-order valence-electron chi connectivity index (χ1n) is 12.6. The van der Waals surface area contributed by atoms with Crippen molar-refractivity contribution in [2.75, 3.05) is 26.2 Å². The van der Waals surface area contributed by atoms with Crippen molar-refractivity contribution in [3.8, 4) is 0 Å². The molecule has 3 aromatic heterocycles. The number of rotatable bonds is 4. The van der Waals surface area contributed by atoms with Crippen LogP contribution in [-0.4, -0.2) is 57.8 Å². The molecule has 7 nitrogen and oxygen atoms in total. The minimum absolute atomic E-state index is 0.0356. The van der Waals surface area contributed by atoms with Crippen LogP contribution in [0.4, 0.5) is 0 Å². The summed E-state index contributed by atoms with van der Waals surface area (Å²) in [6, 6.07) is 17.2. The van der Waals surface area contributed by atoms with Gasteiger partial charge in [0.2, 0.25) is 0 Å². The summed E-state index contributed by atoms with van der Waals surface area (Å²) in [5, 5.41) is 0.909. The Kier molecular flexibility index (Phi) is 5.97. The molecule has 0 radical (unpaired) electrons. The lowest BCUT2D eigenvalue weighted by Crippen LogP contribution is -2.51. The monoisotopic (exact) mass is 480 g/mol. The van der Waals surface area contributed by atoms with Crippen LogP contribution in [0.25, 0.3) is 10.9 Å². The van der Waals surface area contributed by atoms with E-state index in [9.17, 15) is 9.59 Å². The van der Waals surface area contributed by atoms with E-state index in [1.807, 2.05) is 47.4 Å². The fraction of sp³-hybridized carbons (Fsp3) is 0.310. The van der Waals surface area contributed by atoms with Gasteiger partial charge in [-0.25, -0.2) is 0 Å². The Morgan fingerprint density at radius 3 is 2.44 bits per heavy atom. The summed E-state index contributed by atoms with van der Waals surface area (Å²) >= 11 is 0. The number of furan rings is 1. The number of hydrogen-bond acceptors (Lipinski definition) is 5. The molecule has 6 rings (SSSR count). The second kappa shape index (κ2) is 9.57. The Balaban J connectivity index is 1.29. The van der Waals surface area contributed by atoms with Crippen LogP contribution < -0.4 is 0 Å². The van der Waals surface area contributed by atoms with Crippen LogP contribution in [-0.2, 0) is 12.8 Å². The second-order valence-corrected chi connectivity index (χ2v) is 9.54. The first-order chi connectivity index (χ1) is 17.7. The van der Waals surface area contributed by atoms with Crippen LogP contribution in [0.1, 0.15) is 56.6 Å². The summed E-state index contributed by atoms with van der Waals surface area (Å²) in [7, 11) is 0. The molecule has 4 aromatic rings. The van der Waals surface area contributed by atoms with Crippen molar-refractivity contribution in [1.29, 1.82) is 0 Å². The third kappa shape index (κ3) is 4.15. The molecule has 4 heterocycles. The Bertz CT molecular complexity index is 1390. The maximum absolute atomic E-state index is 14.0. The van der Waals surface area contributed by atoms with E-state index in [4.69, 9.17) is 9.40 Å². The number of pyridine rings is 2. The van der Waals surface area contributed by atoms with Gasteiger partial charge in [-0.2, -0.15) is 0 Å². The summed E-state index contributed by atoms with van der Waals surface area (Å²) in [6.45, 7) is 1.98. The van der Waals surface area contributed by atoms with E-state index in [0.717, 1.165) is 59.2 Å². The van der Waals surface area contributed by atoms with Gasteiger partial charge in [-0.05, 0) is 55.2 Å². The van der Waals surface area contributed by atoms with Crippen LogP contribution in [0.2, 0.25) is 0 Å². The molecule has 1 aliphatic carbocycles. The van der Waals surface area contributed by atoms with Gasteiger partial charge in [-0.15, -0.1) is 0 Å². The quantitative estimate of drug-likeness (QED) is 0.430. The minimum Gasteiger partial charge on any atom is -0.469 e. The molecule has 36 heavy (non-hydrogen) atoms. The van der Waals surface area contributed by atoms with Gasteiger partial charge in [0.1, 0.15) is 11.5 Å². The third-order valence-corrected chi connectivity index (χ3v) is 7.37. The van der Waals surface area contributed by atoms with Crippen molar-refractivity contribution < 1.29 is 14.0 Å². The van der Waals surface area contributed by atoms with Crippen LogP contribution in [0, 0.1) is 0 Å². The number of hydrogen-bond donors (Lipinski definition) is 0. The number of amides is 2. The normalized spacial score (nSPS) is 17.7. The average molecular weight is 481 g/mol. The summed E-state index contributed by atoms with van der Waals surface area (Å²) in [5.74, 6) is 1.12. The van der Waals surface area contributed by atoms with Crippen LogP contribution >= 0.6 is 0 Å². The smallest absolute Gasteiger partial charge is 0.272 e. The number of carbonyl (C=O) groups is 2. The molecular weight excluding hydrogens is 452 g/mol. The molecule has 0 saturated carbocycles. The lowest BCUT2D eigenvalue weighted by atomic mass is 9.81. The van der Waals surface area contributed by atoms with Crippen LogP contribution in [0.3, 0.4) is 0 Å². The number of aromatic nitrogens is 2. The van der Waals surface area contributed by atoms with Gasteiger partial charge in [-0.3, -0.25) is 19.6 Å². The van der Waals surface area contributed by atoms with E-state index in [-0.39, 0.29) is 17.7 Å². The third-order valence-electron chi connectivity index (χ3n) is 7.37. The zero-order valence-electron chi connectivity index (χ0n) is 20.1. The Morgan fingerprint density at radius 2 is 1.69 bits per heavy atom. The molecule has 2 aliphatic rings. The highest BCUT2D eigenvalue weighted by molar-refractivity contribution is 6.08. The lowest BCUT2D eigenvalue weighted by molar-refractivity contribution is 0.0532. The second-order valence-electron chi connectivity index (χ2n) is 9.54. The number of carbonyl (C=O) groups excluding carboxylic acids is 2. The van der Waals surface area contributed by atoms with Gasteiger partial charge in [-0.1, -0.05) is 24.3 Å². The molecular formula is C29H28N4O3. The van der Waals surface area contributed by atoms with Crippen molar-refractivity contribution in [2.45, 2.75) is 31.6 Å². The molecule has 7 heteroatoms. The van der Waals surface area contributed by atoms with E-state index in [0.29, 0.717) is 31.9 Å². The molecule has 0 spiro atoms. The maximum atomic E-state index is 14.0. The van der Waals surface area contributed by atoms with Crippen LogP contribution in [0.5, 0.6) is 0 Å². The lowest BCUT2D eigenvalue weighted by Gasteiger charge is -2.36. The van der Waals surface area contributed by atoms with Crippen LogP contribution in [0.15, 0.2) is 71.5 Å². The fourth-order valence-electron chi connectivity index (χ4n) is 5.56. The number of benzene rings is 1. The predicted octanol–water partition coefficient (Wildman–Crippen LogP) is 4.48. The van der Waals surface area contributed by atoms with Gasteiger partial charge in [0, 0.05) is 55.8 Å². The van der Waals surface area contributed by atoms with E-state index >= 15 is 0 Å². The molecule has 1 aromatic carbocycles. The van der Waals surface area contributed by atoms with Gasteiger partial charge in [0.15, 0.2) is 0 Å². The van der Waals surface area contributed by atoms with Crippen molar-refractivity contribution in [2.24, 2.45) is 0 Å². The number of fused-ring (bicyclic) bond motifs is 2. The van der Waals surface area contributed by atoms with Crippen molar-refractivity contribution in [3.05, 3.63) is 95.3 Å². The number of nitrogens with zero attached hydrogens (tertiary/aromatic N) is 4. The molecule has 1 aliphatic heterocycles. The minimum atomic E-state index is -0.0878. The molecule has 2 amide bonds. The number of piperazine rings is 1. The van der Waals surface area contributed by atoms with Gasteiger partial charge < -0.3 is 14.2 Å². The van der Waals surface area contributed by atoms with Gasteiger partial charge in [0.25, 0.3) is 11.8 Å². The zero-order valence-corrected chi connectivity index (χ0v) is 20.1. The summed E-state index contributed by atoms with van der Waals surface area (Å²) in [4.78, 5) is 39.8. The van der Waals surface area contributed by atoms with E-state index in [1.54, 1.807) is 29.5 Å². The van der Waals surface area contributed by atoms with Gasteiger partial charge >= 0.3 is 0 Å². The molecule has 0 N–H and O–H groups in total. The Labute approximate surface area is 209 Å². The molecule has 182 valence electrons. The summed E-state index contributed by atoms with van der Waals surface area (Å²) in [6.07, 6.45) is 7.02. The SMILES string of the molecule is O=C(c1ccccn1)N1CCN(C(=O)c2c3c(nc4ccccc24)C(Cc2ccco2)CCC3)CC1. The highest BCUT2D eigenvalue weighted by Gasteiger charge is 2.32. The maximum Gasteiger partial charge on any atom is 0.272 e. The Hall–Kier alpha value is -4.00. The molecule has 1 unspecified atom stereocenters. The van der Waals surface area contributed by atoms with Crippen molar-refractivity contribution in [3.63, 3.8) is 0 Å². The molecule has 1 fully saturated rings. The first kappa shape index (κ1) is 22.5. The predicted molar refractivity (Wildman–Crippen MR) is 136 cm³/mol. The fourth-order valence-corrected chi connectivity index (χ4v) is 5.56. The highest BCUT2D eigenvalue weighted by atomic mass is 16.3. The zero-order chi connectivity index (χ0) is 24.5. The highest BCUT2D eigenvalue weighted by Crippen LogP contribution is 2.38.